The van der Waals surface area contributed by atoms with Crippen molar-refractivity contribution in [3.05, 3.63) is 59.7 Å². The molecule has 0 atom stereocenters. The molecule has 0 aliphatic rings. The fraction of sp³-hybridized carbons (Fsp3) is 0. The highest BCUT2D eigenvalue weighted by Crippen LogP contribution is 2.25. The summed E-state index contributed by atoms with van der Waals surface area (Å²) in [6, 6.07) is 15.9. The molecule has 0 N–H and O–H groups in total. The molecule has 0 aliphatic carbocycles. The molecule has 0 spiro atoms. The third-order valence-corrected chi connectivity index (χ3v) is 2.61. The maximum Gasteiger partial charge on any atom is 0.225 e. The van der Waals surface area contributed by atoms with E-state index in [-0.39, 0.29) is 6.29 Å². The molecule has 0 fully saturated rings. The fourth-order valence-corrected chi connectivity index (χ4v) is 1.75. The molecule has 0 amide bonds. The van der Waals surface area contributed by atoms with Crippen LogP contribution in [-0.4, -0.2) is 12.1 Å². The summed E-state index contributed by atoms with van der Waals surface area (Å²) in [5.74, 6) is -0.585. The number of aldehydes is 1. The van der Waals surface area contributed by atoms with Gasteiger partial charge in [-0.05, 0) is 29.3 Å². The van der Waals surface area contributed by atoms with E-state index >= 15 is 0 Å². The molecular weight excluding hydrogens is 226 g/mol. The van der Waals surface area contributed by atoms with Gasteiger partial charge in [0.05, 0.1) is 11.6 Å². The Kier molecular flexibility index (Phi) is 3.31. The molecule has 0 aliphatic heterocycles. The monoisotopic (exact) mass is 235 g/mol. The lowest BCUT2D eigenvalue weighted by Gasteiger charge is -2.07. The maximum absolute atomic E-state index is 11.6. The molecule has 0 unspecified atom stereocenters. The van der Waals surface area contributed by atoms with E-state index in [1.165, 1.54) is 12.1 Å². The summed E-state index contributed by atoms with van der Waals surface area (Å²) in [6.07, 6.45) is 0.286. The average molecular weight is 235 g/mol. The van der Waals surface area contributed by atoms with Crippen LogP contribution in [0.15, 0.2) is 48.5 Å². The predicted molar refractivity (Wildman–Crippen MR) is 67.0 cm³/mol. The van der Waals surface area contributed by atoms with Crippen molar-refractivity contribution < 1.29 is 9.59 Å². The zero-order valence-electron chi connectivity index (χ0n) is 9.46. The van der Waals surface area contributed by atoms with Gasteiger partial charge in [-0.1, -0.05) is 30.3 Å². The summed E-state index contributed by atoms with van der Waals surface area (Å²) < 4.78 is 0. The molecule has 3 nitrogen and oxygen atoms in total. The number of carbonyl (C=O) groups excluding carboxylic acids is 2. The highest BCUT2D eigenvalue weighted by Gasteiger charge is 2.12. The first-order chi connectivity index (χ1) is 8.76. The Labute approximate surface area is 104 Å². The largest absolute Gasteiger partial charge is 0.294 e. The van der Waals surface area contributed by atoms with Crippen molar-refractivity contribution in [1.29, 1.82) is 5.26 Å². The van der Waals surface area contributed by atoms with E-state index < -0.39 is 5.78 Å². The van der Waals surface area contributed by atoms with E-state index in [0.717, 1.165) is 5.56 Å². The highest BCUT2D eigenvalue weighted by atomic mass is 16.2. The van der Waals surface area contributed by atoms with Gasteiger partial charge in [-0.2, -0.15) is 5.26 Å². The molecule has 0 saturated heterocycles. The molecule has 18 heavy (non-hydrogen) atoms. The standard InChI is InChI=1S/C15H9NO2/c16-9-11-6-7-13(15(18)10-17)14(8-11)12-4-2-1-3-5-12/h1-8,10H. The first-order valence-electron chi connectivity index (χ1n) is 5.35. The van der Waals surface area contributed by atoms with Gasteiger partial charge in [0, 0.05) is 5.56 Å². The van der Waals surface area contributed by atoms with Crippen molar-refractivity contribution in [3.8, 4) is 17.2 Å². The molecule has 3 heteroatoms. The number of nitrogens with zero attached hydrogens (tertiary/aromatic N) is 1. The summed E-state index contributed by atoms with van der Waals surface area (Å²) in [7, 11) is 0. The van der Waals surface area contributed by atoms with Crippen molar-refractivity contribution in [2.24, 2.45) is 0 Å². The molecular formula is C15H9NO2. The van der Waals surface area contributed by atoms with Gasteiger partial charge in [-0.15, -0.1) is 0 Å². The number of hydrogen-bond donors (Lipinski definition) is 0. The Morgan fingerprint density at radius 1 is 1.11 bits per heavy atom. The van der Waals surface area contributed by atoms with Crippen molar-refractivity contribution in [3.63, 3.8) is 0 Å². The molecule has 0 radical (unpaired) electrons. The van der Waals surface area contributed by atoms with Gasteiger partial charge in [0.2, 0.25) is 5.78 Å². The minimum atomic E-state index is -0.585. The molecule has 0 saturated carbocycles. The molecule has 0 aromatic heterocycles. The van der Waals surface area contributed by atoms with Crippen LogP contribution >= 0.6 is 0 Å². The summed E-state index contributed by atoms with van der Waals surface area (Å²) in [4.78, 5) is 22.2. The first kappa shape index (κ1) is 11.7. The zero-order chi connectivity index (χ0) is 13.0. The lowest BCUT2D eigenvalue weighted by Crippen LogP contribution is -2.02. The first-order valence-corrected chi connectivity index (χ1v) is 5.35. The van der Waals surface area contributed by atoms with Crippen molar-refractivity contribution >= 4 is 12.1 Å². The number of carbonyl (C=O) groups is 2. The number of rotatable bonds is 3. The van der Waals surface area contributed by atoms with Crippen molar-refractivity contribution in [1.82, 2.24) is 0 Å². The van der Waals surface area contributed by atoms with Gasteiger partial charge in [-0.3, -0.25) is 9.59 Å². The van der Waals surface area contributed by atoms with Crippen LogP contribution in [0.1, 0.15) is 15.9 Å². The average Bonchev–Trinajstić information content (AvgIpc) is 2.46. The summed E-state index contributed by atoms with van der Waals surface area (Å²) in [5, 5.41) is 8.89. The van der Waals surface area contributed by atoms with Crippen LogP contribution in [0.25, 0.3) is 11.1 Å². The molecule has 2 aromatic carbocycles. The number of nitriles is 1. The fourth-order valence-electron chi connectivity index (χ4n) is 1.75. The minimum Gasteiger partial charge on any atom is -0.294 e. The van der Waals surface area contributed by atoms with Crippen LogP contribution in [0.4, 0.5) is 0 Å². The van der Waals surface area contributed by atoms with Crippen LogP contribution < -0.4 is 0 Å². The Morgan fingerprint density at radius 3 is 2.44 bits per heavy atom. The van der Waals surface area contributed by atoms with Gasteiger partial charge in [0.25, 0.3) is 0 Å². The number of benzene rings is 2. The van der Waals surface area contributed by atoms with E-state index in [4.69, 9.17) is 5.26 Å². The van der Waals surface area contributed by atoms with Gasteiger partial charge >= 0.3 is 0 Å². The van der Waals surface area contributed by atoms with Gasteiger partial charge in [0.1, 0.15) is 0 Å². The zero-order valence-corrected chi connectivity index (χ0v) is 9.46. The van der Waals surface area contributed by atoms with E-state index in [0.29, 0.717) is 16.7 Å². The molecule has 86 valence electrons. The third kappa shape index (κ3) is 2.18. The second kappa shape index (κ2) is 5.07. The minimum absolute atomic E-state index is 0.286. The molecule has 0 bridgehead atoms. The van der Waals surface area contributed by atoms with Gasteiger partial charge < -0.3 is 0 Å². The predicted octanol–water partition coefficient (Wildman–Crippen LogP) is 2.61. The smallest absolute Gasteiger partial charge is 0.225 e. The van der Waals surface area contributed by atoms with E-state index in [1.807, 2.05) is 36.4 Å². The second-order valence-electron chi connectivity index (χ2n) is 3.72. The van der Waals surface area contributed by atoms with Crippen LogP contribution in [0.2, 0.25) is 0 Å². The summed E-state index contributed by atoms with van der Waals surface area (Å²) in [6.45, 7) is 0. The summed E-state index contributed by atoms with van der Waals surface area (Å²) in [5.41, 5.74) is 2.18. The Bertz CT molecular complexity index is 639. The highest BCUT2D eigenvalue weighted by molar-refractivity contribution is 6.34. The SMILES string of the molecule is N#Cc1ccc(C(=O)C=O)c(-c2ccccc2)c1. The van der Waals surface area contributed by atoms with Gasteiger partial charge in [0.15, 0.2) is 6.29 Å². The van der Waals surface area contributed by atoms with Crippen LogP contribution in [0.5, 0.6) is 0 Å². The van der Waals surface area contributed by atoms with E-state index in [9.17, 15) is 9.59 Å². The second-order valence-corrected chi connectivity index (χ2v) is 3.72. The maximum atomic E-state index is 11.6. The third-order valence-electron chi connectivity index (χ3n) is 2.61. The molecule has 0 heterocycles. The number of ketones is 1. The quantitative estimate of drug-likeness (QED) is 0.466. The number of hydrogen-bond acceptors (Lipinski definition) is 3. The van der Waals surface area contributed by atoms with Gasteiger partial charge in [-0.25, -0.2) is 0 Å². The normalized spacial score (nSPS) is 9.50. The van der Waals surface area contributed by atoms with E-state index in [2.05, 4.69) is 0 Å². The molecule has 2 rings (SSSR count). The Morgan fingerprint density at radius 2 is 1.83 bits per heavy atom. The summed E-state index contributed by atoms with van der Waals surface area (Å²) >= 11 is 0. The topological polar surface area (TPSA) is 57.9 Å². The van der Waals surface area contributed by atoms with Crippen molar-refractivity contribution in [2.45, 2.75) is 0 Å². The van der Waals surface area contributed by atoms with E-state index in [1.54, 1.807) is 6.07 Å². The Hall–Kier alpha value is -2.73. The lowest BCUT2D eigenvalue weighted by atomic mass is 9.95. The lowest BCUT2D eigenvalue weighted by molar-refractivity contribution is -0.104. The number of Topliss-reactive ketones (excluding diaryl/α,β-unsaturated/α-hetero) is 1. The van der Waals surface area contributed by atoms with Crippen LogP contribution in [0.3, 0.4) is 0 Å². The Balaban J connectivity index is 2.66. The van der Waals surface area contributed by atoms with Crippen molar-refractivity contribution in [2.75, 3.05) is 0 Å². The van der Waals surface area contributed by atoms with Crippen LogP contribution in [0, 0.1) is 11.3 Å². The molecule has 2 aromatic rings. The van der Waals surface area contributed by atoms with Crippen LogP contribution in [-0.2, 0) is 4.79 Å².